The topological polar surface area (TPSA) is 85.5 Å². The van der Waals surface area contributed by atoms with Crippen LogP contribution in [0.3, 0.4) is 0 Å². The number of pyridine rings is 1. The predicted molar refractivity (Wildman–Crippen MR) is 103 cm³/mol. The fourth-order valence-corrected chi connectivity index (χ4v) is 6.55. The lowest BCUT2D eigenvalue weighted by molar-refractivity contribution is -0.161. The first-order chi connectivity index (χ1) is 13.4. The molecule has 2 heterocycles. The van der Waals surface area contributed by atoms with Gasteiger partial charge in [0.15, 0.2) is 0 Å². The molecule has 2 amide bonds. The van der Waals surface area contributed by atoms with Crippen molar-refractivity contribution < 1.29 is 14.3 Å². The van der Waals surface area contributed by atoms with Crippen molar-refractivity contribution in [2.45, 2.75) is 57.5 Å². The Balaban J connectivity index is 1.23. The normalized spacial score (nSPS) is 38.6. The summed E-state index contributed by atoms with van der Waals surface area (Å²) in [6.45, 7) is 3.42. The first kappa shape index (κ1) is 18.0. The van der Waals surface area contributed by atoms with Gasteiger partial charge in [-0.1, -0.05) is 6.07 Å². The molecule has 6 rings (SSSR count). The molecule has 6 heteroatoms. The van der Waals surface area contributed by atoms with Gasteiger partial charge in [-0.15, -0.1) is 0 Å². The number of nitrogens with zero attached hydrogens (tertiary/aromatic N) is 2. The van der Waals surface area contributed by atoms with E-state index >= 15 is 0 Å². The summed E-state index contributed by atoms with van der Waals surface area (Å²) in [4.78, 5) is 31.3. The molecule has 1 aromatic heterocycles. The lowest BCUT2D eigenvalue weighted by atomic mass is 9.48. The summed E-state index contributed by atoms with van der Waals surface area (Å²) < 4.78 is 6.05. The van der Waals surface area contributed by atoms with Gasteiger partial charge in [0.1, 0.15) is 6.10 Å². The SMILES string of the molecule is Cc1ccc(C2CCN(C(=O)OC3[C@@H]4CC5C[C@@H]3CC(C(N)=O)(C5)C4)C2)nc1. The molecule has 4 aliphatic carbocycles. The van der Waals surface area contributed by atoms with Crippen LogP contribution in [0.15, 0.2) is 18.3 Å². The molecule has 5 aliphatic rings. The predicted octanol–water partition coefficient (Wildman–Crippen LogP) is 3.00. The number of nitrogens with two attached hydrogens (primary N) is 1. The highest BCUT2D eigenvalue weighted by Gasteiger charge is 2.59. The number of carbonyl (C=O) groups excluding carboxylic acids is 2. The zero-order chi connectivity index (χ0) is 19.5. The van der Waals surface area contributed by atoms with Crippen molar-refractivity contribution in [2.75, 3.05) is 13.1 Å². The minimum absolute atomic E-state index is 0.0481. The van der Waals surface area contributed by atoms with Crippen LogP contribution in [0.5, 0.6) is 0 Å². The molecule has 1 saturated heterocycles. The lowest BCUT2D eigenvalue weighted by Gasteiger charge is -2.58. The molecule has 150 valence electrons. The minimum atomic E-state index is -0.338. The van der Waals surface area contributed by atoms with Crippen LogP contribution in [0.4, 0.5) is 4.79 Å². The number of amides is 2. The highest BCUT2D eigenvalue weighted by Crippen LogP contribution is 2.60. The third-order valence-electron chi connectivity index (χ3n) is 7.75. The van der Waals surface area contributed by atoms with Gasteiger partial charge in [-0.2, -0.15) is 0 Å². The van der Waals surface area contributed by atoms with E-state index in [0.29, 0.717) is 24.3 Å². The van der Waals surface area contributed by atoms with Gasteiger partial charge in [0.25, 0.3) is 0 Å². The van der Waals surface area contributed by atoms with Crippen molar-refractivity contribution in [2.24, 2.45) is 28.9 Å². The number of likely N-dealkylation sites (tertiary alicyclic amines) is 1. The van der Waals surface area contributed by atoms with Gasteiger partial charge in [-0.25, -0.2) is 4.79 Å². The second-order valence-corrected chi connectivity index (χ2v) is 9.65. The van der Waals surface area contributed by atoms with Crippen LogP contribution in [0.25, 0.3) is 0 Å². The molecular weight excluding hydrogens is 354 g/mol. The molecule has 1 unspecified atom stereocenters. The Morgan fingerprint density at radius 3 is 2.61 bits per heavy atom. The Labute approximate surface area is 165 Å². The van der Waals surface area contributed by atoms with E-state index in [4.69, 9.17) is 10.5 Å². The van der Waals surface area contributed by atoms with Crippen LogP contribution in [-0.4, -0.2) is 41.1 Å². The quantitative estimate of drug-likeness (QED) is 0.869. The number of aromatic nitrogens is 1. The fourth-order valence-electron chi connectivity index (χ4n) is 6.55. The molecule has 0 radical (unpaired) electrons. The Bertz CT molecular complexity index is 777. The summed E-state index contributed by atoms with van der Waals surface area (Å²) in [5, 5.41) is 0. The van der Waals surface area contributed by atoms with Gasteiger partial charge in [-0.3, -0.25) is 9.78 Å². The average Bonchev–Trinajstić information content (AvgIpc) is 3.15. The van der Waals surface area contributed by atoms with Crippen LogP contribution >= 0.6 is 0 Å². The summed E-state index contributed by atoms with van der Waals surface area (Å²) in [6, 6.07) is 4.14. The van der Waals surface area contributed by atoms with Gasteiger partial charge >= 0.3 is 6.09 Å². The summed E-state index contributed by atoms with van der Waals surface area (Å²) in [6.07, 6.45) is 7.24. The molecule has 28 heavy (non-hydrogen) atoms. The first-order valence-corrected chi connectivity index (χ1v) is 10.6. The number of carbonyl (C=O) groups is 2. The van der Waals surface area contributed by atoms with Crippen LogP contribution in [0, 0.1) is 30.1 Å². The van der Waals surface area contributed by atoms with Gasteiger partial charge in [0, 0.05) is 30.9 Å². The zero-order valence-electron chi connectivity index (χ0n) is 16.5. The first-order valence-electron chi connectivity index (χ1n) is 10.6. The summed E-state index contributed by atoms with van der Waals surface area (Å²) in [7, 11) is 0. The number of aryl methyl sites for hydroxylation is 1. The summed E-state index contributed by atoms with van der Waals surface area (Å²) in [5.41, 5.74) is 7.62. The van der Waals surface area contributed by atoms with Crippen LogP contribution in [-0.2, 0) is 9.53 Å². The molecule has 1 aliphatic heterocycles. The van der Waals surface area contributed by atoms with E-state index in [1.165, 1.54) is 0 Å². The van der Waals surface area contributed by atoms with Crippen LogP contribution in [0.2, 0.25) is 0 Å². The van der Waals surface area contributed by atoms with E-state index < -0.39 is 0 Å². The highest BCUT2D eigenvalue weighted by molar-refractivity contribution is 5.81. The highest BCUT2D eigenvalue weighted by atomic mass is 16.6. The van der Waals surface area contributed by atoms with Crippen LogP contribution < -0.4 is 5.73 Å². The minimum Gasteiger partial charge on any atom is -0.446 e. The second-order valence-electron chi connectivity index (χ2n) is 9.65. The maximum Gasteiger partial charge on any atom is 0.410 e. The van der Waals surface area contributed by atoms with Gasteiger partial charge < -0.3 is 15.4 Å². The molecule has 6 nitrogen and oxygen atoms in total. The van der Waals surface area contributed by atoms with E-state index in [0.717, 1.165) is 56.3 Å². The summed E-state index contributed by atoms with van der Waals surface area (Å²) >= 11 is 0. The fraction of sp³-hybridized carbons (Fsp3) is 0.682. The lowest BCUT2D eigenvalue weighted by Crippen LogP contribution is -2.59. The third-order valence-corrected chi connectivity index (χ3v) is 7.75. The Morgan fingerprint density at radius 1 is 1.21 bits per heavy atom. The largest absolute Gasteiger partial charge is 0.446 e. The Kier molecular flexibility index (Phi) is 4.14. The molecule has 3 atom stereocenters. The van der Waals surface area contributed by atoms with E-state index in [1.807, 2.05) is 18.0 Å². The second kappa shape index (κ2) is 6.46. The molecule has 5 fully saturated rings. The Hall–Kier alpha value is -2.11. The number of hydrogen-bond donors (Lipinski definition) is 1. The number of primary amides is 1. The summed E-state index contributed by atoms with van der Waals surface area (Å²) in [5.74, 6) is 1.29. The van der Waals surface area contributed by atoms with Gasteiger partial charge in [0.2, 0.25) is 5.91 Å². The van der Waals surface area contributed by atoms with Gasteiger partial charge in [-0.05, 0) is 74.8 Å². The van der Waals surface area contributed by atoms with Crippen molar-refractivity contribution in [3.63, 3.8) is 0 Å². The standard InChI is InChI=1S/C22H29N3O3/c1-13-2-3-18(24-11-13)15-4-5-25(12-15)21(27)28-19-16-6-14-7-17(19)10-22(8-14,9-16)20(23)26/h2-3,11,14-17,19H,4-10,12H2,1H3,(H2,23,26)/t14?,15?,16-,17-,19?,22?/m1/s1. The van der Waals surface area contributed by atoms with E-state index in [2.05, 4.69) is 17.1 Å². The monoisotopic (exact) mass is 383 g/mol. The molecule has 2 N–H and O–H groups in total. The zero-order valence-corrected chi connectivity index (χ0v) is 16.5. The molecule has 4 saturated carbocycles. The van der Waals surface area contributed by atoms with Crippen molar-refractivity contribution in [3.05, 3.63) is 29.6 Å². The number of ether oxygens (including phenoxy) is 1. The smallest absolute Gasteiger partial charge is 0.410 e. The van der Waals surface area contributed by atoms with E-state index in [1.54, 1.807) is 0 Å². The molecule has 0 aromatic carbocycles. The maximum atomic E-state index is 12.9. The molecule has 4 bridgehead atoms. The number of hydrogen-bond acceptors (Lipinski definition) is 4. The average molecular weight is 383 g/mol. The third kappa shape index (κ3) is 2.88. The van der Waals surface area contributed by atoms with Gasteiger partial charge in [0.05, 0.1) is 5.41 Å². The van der Waals surface area contributed by atoms with Crippen LogP contribution in [0.1, 0.15) is 55.7 Å². The molecule has 1 aromatic rings. The van der Waals surface area contributed by atoms with Crippen molar-refractivity contribution in [3.8, 4) is 0 Å². The molecule has 0 spiro atoms. The van der Waals surface area contributed by atoms with Crippen molar-refractivity contribution >= 4 is 12.0 Å². The van der Waals surface area contributed by atoms with Crippen molar-refractivity contribution in [1.82, 2.24) is 9.88 Å². The van der Waals surface area contributed by atoms with Crippen molar-refractivity contribution in [1.29, 1.82) is 0 Å². The Morgan fingerprint density at radius 2 is 1.96 bits per heavy atom. The van der Waals surface area contributed by atoms with E-state index in [9.17, 15) is 9.59 Å². The molecular formula is C22H29N3O3. The number of rotatable bonds is 3. The maximum absolute atomic E-state index is 12.9. The van der Waals surface area contributed by atoms with E-state index in [-0.39, 0.29) is 29.4 Å².